The summed E-state index contributed by atoms with van der Waals surface area (Å²) in [5, 5.41) is 1.53. The van der Waals surface area contributed by atoms with Crippen LogP contribution in [0, 0.1) is 0 Å². The highest BCUT2D eigenvalue weighted by Crippen LogP contribution is 2.35. The van der Waals surface area contributed by atoms with Crippen LogP contribution in [0.15, 0.2) is 52.5 Å². The molecule has 0 amide bonds. The van der Waals surface area contributed by atoms with Crippen molar-refractivity contribution in [3.8, 4) is 0 Å². The van der Waals surface area contributed by atoms with Crippen molar-refractivity contribution in [1.82, 2.24) is 9.97 Å². The fourth-order valence-corrected chi connectivity index (χ4v) is 3.16. The summed E-state index contributed by atoms with van der Waals surface area (Å²) in [6, 6.07) is 13.7. The average molecular weight is 290 g/mol. The second-order valence-corrected chi connectivity index (χ2v) is 5.50. The Bertz CT molecular complexity index is 691. The van der Waals surface area contributed by atoms with Gasteiger partial charge < -0.3 is 10.7 Å². The fourth-order valence-electron chi connectivity index (χ4n) is 1.90. The number of aromatic nitrogens is 2. The minimum Gasteiger partial charge on any atom is -0.333 e. The lowest BCUT2D eigenvalue weighted by molar-refractivity contribution is 1.02. The van der Waals surface area contributed by atoms with Crippen LogP contribution in [0.5, 0.6) is 0 Å². The molecule has 3 nitrogen and oxygen atoms in total. The quantitative estimate of drug-likeness (QED) is 0.770. The van der Waals surface area contributed by atoms with Crippen LogP contribution in [0.4, 0.5) is 0 Å². The van der Waals surface area contributed by atoms with Crippen molar-refractivity contribution in [2.45, 2.75) is 16.6 Å². The number of H-pyrrole nitrogens is 1. The average Bonchev–Trinajstić information content (AvgIpc) is 2.83. The Morgan fingerprint density at radius 3 is 2.79 bits per heavy atom. The van der Waals surface area contributed by atoms with Crippen molar-refractivity contribution < 1.29 is 0 Å². The highest BCUT2D eigenvalue weighted by Gasteiger charge is 2.10. The number of aromatic amines is 1. The molecule has 2 aromatic carbocycles. The lowest BCUT2D eigenvalue weighted by atomic mass is 10.2. The summed E-state index contributed by atoms with van der Waals surface area (Å²) in [5.74, 6) is 0. The third-order valence-electron chi connectivity index (χ3n) is 2.83. The Kier molecular flexibility index (Phi) is 3.46. The number of nitrogens with two attached hydrogens (primary N) is 1. The van der Waals surface area contributed by atoms with E-state index in [4.69, 9.17) is 17.3 Å². The van der Waals surface area contributed by atoms with Gasteiger partial charge in [-0.25, -0.2) is 4.98 Å². The van der Waals surface area contributed by atoms with Crippen molar-refractivity contribution in [3.05, 3.63) is 53.1 Å². The van der Waals surface area contributed by atoms with Gasteiger partial charge in [0.2, 0.25) is 0 Å². The number of fused-ring (bicyclic) bond motifs is 1. The number of imidazole rings is 1. The number of nitrogens with one attached hydrogen (secondary N) is 1. The zero-order chi connectivity index (χ0) is 13.2. The van der Waals surface area contributed by atoms with E-state index in [2.05, 4.69) is 9.97 Å². The number of halogens is 1. The number of hydrogen-bond acceptors (Lipinski definition) is 3. The van der Waals surface area contributed by atoms with Crippen molar-refractivity contribution in [2.75, 3.05) is 0 Å². The molecule has 96 valence electrons. The van der Waals surface area contributed by atoms with Gasteiger partial charge in [-0.3, -0.25) is 0 Å². The van der Waals surface area contributed by atoms with Crippen LogP contribution >= 0.6 is 23.4 Å². The van der Waals surface area contributed by atoms with E-state index in [-0.39, 0.29) is 0 Å². The lowest BCUT2D eigenvalue weighted by Gasteiger charge is -2.07. The molecule has 1 aromatic heterocycles. The summed E-state index contributed by atoms with van der Waals surface area (Å²) in [6.45, 7) is 0.461. The Labute approximate surface area is 120 Å². The number of nitrogens with zero attached hydrogens (tertiary/aromatic N) is 1. The Balaban J connectivity index is 2.01. The summed E-state index contributed by atoms with van der Waals surface area (Å²) < 4.78 is 0. The van der Waals surface area contributed by atoms with Gasteiger partial charge in [0.05, 0.1) is 16.1 Å². The SMILES string of the molecule is NCc1cccc(Cl)c1Sc1nc2ccccc2[nH]1. The number of hydrogen-bond donors (Lipinski definition) is 2. The topological polar surface area (TPSA) is 54.7 Å². The monoisotopic (exact) mass is 289 g/mol. The molecule has 3 aromatic rings. The molecule has 3 rings (SSSR count). The van der Waals surface area contributed by atoms with Gasteiger partial charge in [-0.05, 0) is 35.5 Å². The molecule has 0 spiro atoms. The van der Waals surface area contributed by atoms with Crippen LogP contribution in [0.2, 0.25) is 5.02 Å². The molecule has 1 heterocycles. The van der Waals surface area contributed by atoms with E-state index < -0.39 is 0 Å². The van der Waals surface area contributed by atoms with E-state index in [1.165, 1.54) is 11.8 Å². The molecule has 0 fully saturated rings. The van der Waals surface area contributed by atoms with E-state index in [1.807, 2.05) is 42.5 Å². The third-order valence-corrected chi connectivity index (χ3v) is 4.33. The fraction of sp³-hybridized carbons (Fsp3) is 0.0714. The third kappa shape index (κ3) is 2.47. The molecular formula is C14H12ClN3S. The summed E-state index contributed by atoms with van der Waals surface area (Å²) in [4.78, 5) is 8.77. The van der Waals surface area contributed by atoms with Crippen molar-refractivity contribution in [1.29, 1.82) is 0 Å². The van der Waals surface area contributed by atoms with Crippen LogP contribution in [-0.2, 0) is 6.54 Å². The van der Waals surface area contributed by atoms with Crippen LogP contribution in [0.1, 0.15) is 5.56 Å². The van der Waals surface area contributed by atoms with Gasteiger partial charge >= 0.3 is 0 Å². The van der Waals surface area contributed by atoms with Crippen molar-refractivity contribution in [2.24, 2.45) is 5.73 Å². The van der Waals surface area contributed by atoms with Gasteiger partial charge in [0, 0.05) is 11.4 Å². The molecule has 19 heavy (non-hydrogen) atoms. The first-order chi connectivity index (χ1) is 9.28. The number of para-hydroxylation sites is 2. The molecule has 3 N–H and O–H groups in total. The van der Waals surface area contributed by atoms with Gasteiger partial charge in [-0.2, -0.15) is 0 Å². The normalized spacial score (nSPS) is 11.1. The van der Waals surface area contributed by atoms with E-state index in [9.17, 15) is 0 Å². The van der Waals surface area contributed by atoms with Gasteiger partial charge in [0.25, 0.3) is 0 Å². The Morgan fingerprint density at radius 1 is 1.16 bits per heavy atom. The van der Waals surface area contributed by atoms with Gasteiger partial charge in [0.1, 0.15) is 0 Å². The van der Waals surface area contributed by atoms with Crippen molar-refractivity contribution in [3.63, 3.8) is 0 Å². The van der Waals surface area contributed by atoms with E-state index >= 15 is 0 Å². The maximum Gasteiger partial charge on any atom is 0.171 e. The van der Waals surface area contributed by atoms with Gasteiger partial charge in [0.15, 0.2) is 5.16 Å². The first kappa shape index (κ1) is 12.5. The molecule has 5 heteroatoms. The molecule has 0 aliphatic carbocycles. The maximum absolute atomic E-state index is 6.24. The molecular weight excluding hydrogens is 278 g/mol. The molecule has 0 saturated carbocycles. The summed E-state index contributed by atoms with van der Waals surface area (Å²) in [6.07, 6.45) is 0. The molecule has 0 bridgehead atoms. The van der Waals surface area contributed by atoms with E-state index in [1.54, 1.807) is 0 Å². The second kappa shape index (κ2) is 5.25. The second-order valence-electron chi connectivity index (χ2n) is 4.09. The molecule has 0 radical (unpaired) electrons. The molecule has 0 aliphatic heterocycles. The first-order valence-corrected chi connectivity index (χ1v) is 7.07. The van der Waals surface area contributed by atoms with Gasteiger partial charge in [-0.15, -0.1) is 0 Å². The zero-order valence-corrected chi connectivity index (χ0v) is 11.6. The van der Waals surface area contributed by atoms with Crippen molar-refractivity contribution >= 4 is 34.4 Å². The largest absolute Gasteiger partial charge is 0.333 e. The number of benzene rings is 2. The Morgan fingerprint density at radius 2 is 2.00 bits per heavy atom. The molecule has 0 saturated heterocycles. The van der Waals surface area contributed by atoms with Crippen LogP contribution < -0.4 is 5.73 Å². The minimum atomic E-state index is 0.461. The smallest absolute Gasteiger partial charge is 0.171 e. The standard InChI is InChI=1S/C14H12ClN3S/c15-10-5-3-4-9(8-16)13(10)19-14-17-11-6-1-2-7-12(11)18-14/h1-7H,8,16H2,(H,17,18). The molecule has 0 unspecified atom stereocenters. The predicted molar refractivity (Wildman–Crippen MR) is 79.6 cm³/mol. The van der Waals surface area contributed by atoms with E-state index in [0.717, 1.165) is 26.6 Å². The Hall–Kier alpha value is -1.49. The summed E-state index contributed by atoms with van der Waals surface area (Å²) >= 11 is 7.75. The van der Waals surface area contributed by atoms with E-state index in [0.29, 0.717) is 11.6 Å². The zero-order valence-electron chi connectivity index (χ0n) is 10.1. The highest BCUT2D eigenvalue weighted by molar-refractivity contribution is 7.99. The maximum atomic E-state index is 6.24. The molecule has 0 atom stereocenters. The minimum absolute atomic E-state index is 0.461. The lowest BCUT2D eigenvalue weighted by Crippen LogP contribution is -1.98. The van der Waals surface area contributed by atoms with Crippen LogP contribution in [0.3, 0.4) is 0 Å². The summed E-state index contributed by atoms with van der Waals surface area (Å²) in [5.41, 5.74) is 8.74. The predicted octanol–water partition coefficient (Wildman–Crippen LogP) is 3.83. The first-order valence-electron chi connectivity index (χ1n) is 5.88. The van der Waals surface area contributed by atoms with Crippen LogP contribution in [0.25, 0.3) is 11.0 Å². The molecule has 0 aliphatic rings. The van der Waals surface area contributed by atoms with Crippen LogP contribution in [-0.4, -0.2) is 9.97 Å². The highest BCUT2D eigenvalue weighted by atomic mass is 35.5. The van der Waals surface area contributed by atoms with Gasteiger partial charge in [-0.1, -0.05) is 35.9 Å². The summed E-state index contributed by atoms with van der Waals surface area (Å²) in [7, 11) is 0. The number of rotatable bonds is 3.